The van der Waals surface area contributed by atoms with Crippen LogP contribution in [0.15, 0.2) is 12.3 Å². The Morgan fingerprint density at radius 2 is 2.14 bits per heavy atom. The number of hydrogen-bond donors (Lipinski definition) is 2. The first-order chi connectivity index (χ1) is 9.53. The second-order valence-corrected chi connectivity index (χ2v) is 5.61. The quantitative estimate of drug-likeness (QED) is 0.662. The van der Waals surface area contributed by atoms with Gasteiger partial charge in [-0.3, -0.25) is 10.1 Å². The van der Waals surface area contributed by atoms with Gasteiger partial charge in [-0.05, 0) is 12.5 Å². The summed E-state index contributed by atoms with van der Waals surface area (Å²) in [7, 11) is 0. The molecular weight excluding hydrogens is 291 g/mol. The third kappa shape index (κ3) is 2.78. The van der Waals surface area contributed by atoms with E-state index in [9.17, 15) is 28.4 Å². The van der Waals surface area contributed by atoms with E-state index in [1.165, 1.54) is 0 Å². The summed E-state index contributed by atoms with van der Waals surface area (Å²) in [5, 5.41) is 23.2. The maximum atomic E-state index is 12.6. The summed E-state index contributed by atoms with van der Waals surface area (Å²) >= 11 is 0. The van der Waals surface area contributed by atoms with Crippen LogP contribution in [0.2, 0.25) is 0 Å². The van der Waals surface area contributed by atoms with E-state index in [2.05, 4.69) is 10.3 Å². The Balaban J connectivity index is 2.34. The van der Waals surface area contributed by atoms with Crippen LogP contribution < -0.4 is 5.32 Å². The molecule has 1 aliphatic rings. The molecular formula is C12H14F3N3O3. The van der Waals surface area contributed by atoms with Gasteiger partial charge in [-0.25, -0.2) is 4.98 Å². The average molecular weight is 305 g/mol. The molecule has 116 valence electrons. The zero-order chi connectivity index (χ0) is 16.0. The van der Waals surface area contributed by atoms with Gasteiger partial charge in [-0.1, -0.05) is 13.8 Å². The Hall–Kier alpha value is -1.90. The molecule has 1 saturated carbocycles. The van der Waals surface area contributed by atoms with E-state index in [4.69, 9.17) is 0 Å². The van der Waals surface area contributed by atoms with Crippen molar-refractivity contribution < 1.29 is 23.2 Å². The highest BCUT2D eigenvalue weighted by Gasteiger charge is 2.48. The number of rotatable bonds is 3. The molecule has 1 heterocycles. The SMILES string of the molecule is CC1(C)C(O)CC1Nc1cc(C(F)(F)F)ncc1[N+](=O)[O-]. The summed E-state index contributed by atoms with van der Waals surface area (Å²) in [5.41, 5.74) is -2.55. The zero-order valence-corrected chi connectivity index (χ0v) is 11.3. The number of halogens is 3. The Morgan fingerprint density at radius 1 is 1.52 bits per heavy atom. The van der Waals surface area contributed by atoms with Gasteiger partial charge in [-0.2, -0.15) is 13.2 Å². The number of nitro groups is 1. The number of nitrogens with zero attached hydrogens (tertiary/aromatic N) is 2. The van der Waals surface area contributed by atoms with Crippen LogP contribution in [0.3, 0.4) is 0 Å². The molecule has 1 fully saturated rings. The normalized spacial score (nSPS) is 24.3. The van der Waals surface area contributed by atoms with Gasteiger partial charge in [0.15, 0.2) is 0 Å². The molecule has 2 rings (SSSR count). The fourth-order valence-electron chi connectivity index (χ4n) is 2.20. The van der Waals surface area contributed by atoms with Crippen molar-refractivity contribution in [3.8, 4) is 0 Å². The topological polar surface area (TPSA) is 88.3 Å². The van der Waals surface area contributed by atoms with Gasteiger partial charge in [0.2, 0.25) is 0 Å². The lowest BCUT2D eigenvalue weighted by molar-refractivity contribution is -0.384. The van der Waals surface area contributed by atoms with Gasteiger partial charge in [0.05, 0.1) is 11.0 Å². The molecule has 6 nitrogen and oxygen atoms in total. The highest BCUT2D eigenvalue weighted by molar-refractivity contribution is 5.62. The second kappa shape index (κ2) is 4.83. The Kier molecular flexibility index (Phi) is 3.56. The van der Waals surface area contributed by atoms with Crippen molar-refractivity contribution >= 4 is 11.4 Å². The van der Waals surface area contributed by atoms with Gasteiger partial charge in [0.1, 0.15) is 17.6 Å². The summed E-state index contributed by atoms with van der Waals surface area (Å²) in [6.07, 6.45) is -4.38. The molecule has 0 aromatic carbocycles. The van der Waals surface area contributed by atoms with Gasteiger partial charge in [-0.15, -0.1) is 0 Å². The first-order valence-corrected chi connectivity index (χ1v) is 6.19. The largest absolute Gasteiger partial charge is 0.433 e. The highest BCUT2D eigenvalue weighted by Crippen LogP contribution is 2.43. The molecule has 0 saturated heterocycles. The lowest BCUT2D eigenvalue weighted by Gasteiger charge is -2.49. The number of anilines is 1. The molecule has 2 N–H and O–H groups in total. The summed E-state index contributed by atoms with van der Waals surface area (Å²) in [6.45, 7) is 3.47. The molecule has 0 spiro atoms. The maximum Gasteiger partial charge on any atom is 0.433 e. The summed E-state index contributed by atoms with van der Waals surface area (Å²) < 4.78 is 37.9. The first-order valence-electron chi connectivity index (χ1n) is 6.19. The molecule has 9 heteroatoms. The van der Waals surface area contributed by atoms with Crippen molar-refractivity contribution in [3.05, 3.63) is 28.1 Å². The summed E-state index contributed by atoms with van der Waals surface area (Å²) in [6, 6.07) is 0.272. The van der Waals surface area contributed by atoms with Crippen molar-refractivity contribution in [1.29, 1.82) is 0 Å². The molecule has 1 aromatic rings. The van der Waals surface area contributed by atoms with Crippen LogP contribution in [0.25, 0.3) is 0 Å². The monoisotopic (exact) mass is 305 g/mol. The molecule has 0 radical (unpaired) electrons. The molecule has 0 amide bonds. The molecule has 0 aliphatic heterocycles. The van der Waals surface area contributed by atoms with Crippen LogP contribution in [0, 0.1) is 15.5 Å². The predicted molar refractivity (Wildman–Crippen MR) is 67.7 cm³/mol. The average Bonchev–Trinajstić information content (AvgIpc) is 2.37. The van der Waals surface area contributed by atoms with E-state index in [-0.39, 0.29) is 11.7 Å². The summed E-state index contributed by atoms with van der Waals surface area (Å²) in [5.74, 6) is 0. The molecule has 0 bridgehead atoms. The molecule has 21 heavy (non-hydrogen) atoms. The zero-order valence-electron chi connectivity index (χ0n) is 11.3. The first kappa shape index (κ1) is 15.5. The van der Waals surface area contributed by atoms with Crippen LogP contribution in [0.5, 0.6) is 0 Å². The standard InChI is InChI=1S/C12H14F3N3O3/c1-11(2)8(4-10(11)19)17-6-3-9(12(13,14)15)16-5-7(6)18(20)21/h3,5,8,10,19H,4H2,1-2H3,(H,16,17). The van der Waals surface area contributed by atoms with E-state index in [0.717, 1.165) is 0 Å². The van der Waals surface area contributed by atoms with Crippen LogP contribution in [-0.4, -0.2) is 27.2 Å². The number of aliphatic hydroxyl groups is 1. The predicted octanol–water partition coefficient (Wildman–Crippen LogP) is 2.58. The van der Waals surface area contributed by atoms with Gasteiger partial charge in [0.25, 0.3) is 0 Å². The third-order valence-corrected chi connectivity index (χ3v) is 3.92. The second-order valence-electron chi connectivity index (χ2n) is 5.61. The van der Waals surface area contributed by atoms with Crippen LogP contribution in [0.4, 0.5) is 24.5 Å². The van der Waals surface area contributed by atoms with E-state index in [1.807, 2.05) is 0 Å². The molecule has 2 atom stereocenters. The smallest absolute Gasteiger partial charge is 0.392 e. The van der Waals surface area contributed by atoms with Crippen molar-refractivity contribution in [2.45, 2.75) is 38.6 Å². The van der Waals surface area contributed by atoms with Gasteiger partial charge >= 0.3 is 11.9 Å². The number of pyridine rings is 1. The number of aromatic nitrogens is 1. The minimum atomic E-state index is -4.68. The van der Waals surface area contributed by atoms with Gasteiger partial charge in [0, 0.05) is 11.5 Å². The maximum absolute atomic E-state index is 12.6. The number of hydrogen-bond acceptors (Lipinski definition) is 5. The van der Waals surface area contributed by atoms with Crippen molar-refractivity contribution in [3.63, 3.8) is 0 Å². The molecule has 1 aliphatic carbocycles. The van der Waals surface area contributed by atoms with E-state index < -0.39 is 34.0 Å². The van der Waals surface area contributed by atoms with Crippen LogP contribution >= 0.6 is 0 Å². The Labute approximate surface area is 118 Å². The Morgan fingerprint density at radius 3 is 2.57 bits per heavy atom. The van der Waals surface area contributed by atoms with Gasteiger partial charge < -0.3 is 10.4 Å². The minimum absolute atomic E-state index is 0.243. The van der Waals surface area contributed by atoms with Crippen molar-refractivity contribution in [2.24, 2.45) is 5.41 Å². The number of alkyl halides is 3. The van der Waals surface area contributed by atoms with Crippen LogP contribution in [0.1, 0.15) is 26.0 Å². The van der Waals surface area contributed by atoms with E-state index in [0.29, 0.717) is 18.7 Å². The lowest BCUT2D eigenvalue weighted by atomic mass is 9.64. The molecule has 2 unspecified atom stereocenters. The third-order valence-electron chi connectivity index (χ3n) is 3.92. The lowest BCUT2D eigenvalue weighted by Crippen LogP contribution is -2.56. The fourth-order valence-corrected chi connectivity index (χ4v) is 2.20. The highest BCUT2D eigenvalue weighted by atomic mass is 19.4. The fraction of sp³-hybridized carbons (Fsp3) is 0.583. The number of aliphatic hydroxyl groups excluding tert-OH is 1. The Bertz CT molecular complexity index is 575. The minimum Gasteiger partial charge on any atom is -0.392 e. The van der Waals surface area contributed by atoms with Crippen LogP contribution in [-0.2, 0) is 6.18 Å². The van der Waals surface area contributed by atoms with Crippen molar-refractivity contribution in [2.75, 3.05) is 5.32 Å². The summed E-state index contributed by atoms with van der Waals surface area (Å²) in [4.78, 5) is 13.2. The van der Waals surface area contributed by atoms with E-state index in [1.54, 1.807) is 13.8 Å². The van der Waals surface area contributed by atoms with Crippen molar-refractivity contribution in [1.82, 2.24) is 4.98 Å². The van der Waals surface area contributed by atoms with E-state index >= 15 is 0 Å². The molecule has 1 aromatic heterocycles. The number of nitrogens with one attached hydrogen (secondary N) is 1.